The molecule has 6 heteroatoms. The molecule has 0 radical (unpaired) electrons. The molecule has 0 spiro atoms. The van der Waals surface area contributed by atoms with E-state index in [-0.39, 0.29) is 17.1 Å². The number of rotatable bonds is 4. The SMILES string of the molecule is COc1ccc(N(C(=O)c2ccc(C(C)(C)C)cc2)[C@H]2C=CS(=O)(=O)C2)cc1. The van der Waals surface area contributed by atoms with Gasteiger partial charge in [-0.1, -0.05) is 32.9 Å². The molecule has 0 unspecified atom stereocenters. The van der Waals surface area contributed by atoms with E-state index in [1.807, 2.05) is 12.1 Å². The minimum absolute atomic E-state index is 0.0144. The van der Waals surface area contributed by atoms with E-state index in [2.05, 4.69) is 20.8 Å². The summed E-state index contributed by atoms with van der Waals surface area (Å²) in [6.45, 7) is 6.34. The van der Waals surface area contributed by atoms with Gasteiger partial charge in [0.25, 0.3) is 5.91 Å². The van der Waals surface area contributed by atoms with Crippen LogP contribution in [0.25, 0.3) is 0 Å². The van der Waals surface area contributed by atoms with Crippen LogP contribution in [0.4, 0.5) is 5.69 Å². The Hall–Kier alpha value is -2.60. The lowest BCUT2D eigenvalue weighted by Crippen LogP contribution is -2.41. The van der Waals surface area contributed by atoms with E-state index in [0.29, 0.717) is 17.0 Å². The molecule has 148 valence electrons. The van der Waals surface area contributed by atoms with E-state index in [1.54, 1.807) is 49.6 Å². The summed E-state index contributed by atoms with van der Waals surface area (Å²) in [6.07, 6.45) is 1.57. The number of nitrogens with zero attached hydrogens (tertiary/aromatic N) is 1. The van der Waals surface area contributed by atoms with Gasteiger partial charge in [0.2, 0.25) is 0 Å². The van der Waals surface area contributed by atoms with Crippen LogP contribution in [-0.2, 0) is 15.3 Å². The summed E-state index contributed by atoms with van der Waals surface area (Å²) in [7, 11) is -1.73. The molecule has 28 heavy (non-hydrogen) atoms. The van der Waals surface area contributed by atoms with Crippen LogP contribution in [0.5, 0.6) is 5.75 Å². The molecule has 2 aromatic rings. The van der Waals surface area contributed by atoms with E-state index in [4.69, 9.17) is 4.74 Å². The highest BCUT2D eigenvalue weighted by atomic mass is 32.2. The largest absolute Gasteiger partial charge is 0.497 e. The Kier molecular flexibility index (Phi) is 5.35. The number of sulfone groups is 1. The van der Waals surface area contributed by atoms with Crippen LogP contribution in [-0.4, -0.2) is 33.2 Å². The fraction of sp³-hybridized carbons (Fsp3) is 0.318. The summed E-state index contributed by atoms with van der Waals surface area (Å²) < 4.78 is 29.1. The summed E-state index contributed by atoms with van der Waals surface area (Å²) in [5, 5.41) is 1.18. The van der Waals surface area contributed by atoms with Gasteiger partial charge < -0.3 is 9.64 Å². The van der Waals surface area contributed by atoms with E-state index in [9.17, 15) is 13.2 Å². The zero-order valence-electron chi connectivity index (χ0n) is 16.5. The summed E-state index contributed by atoms with van der Waals surface area (Å²) >= 11 is 0. The van der Waals surface area contributed by atoms with Crippen molar-refractivity contribution < 1.29 is 17.9 Å². The van der Waals surface area contributed by atoms with Crippen LogP contribution >= 0.6 is 0 Å². The van der Waals surface area contributed by atoms with Gasteiger partial charge in [0, 0.05) is 16.7 Å². The van der Waals surface area contributed by atoms with Crippen molar-refractivity contribution in [2.45, 2.75) is 32.2 Å². The molecule has 1 aliphatic rings. The van der Waals surface area contributed by atoms with Gasteiger partial charge in [0.1, 0.15) is 5.75 Å². The molecule has 5 nitrogen and oxygen atoms in total. The molecule has 0 aromatic heterocycles. The predicted molar refractivity (Wildman–Crippen MR) is 112 cm³/mol. The summed E-state index contributed by atoms with van der Waals surface area (Å²) in [6, 6.07) is 14.0. The van der Waals surface area contributed by atoms with Crippen molar-refractivity contribution in [3.05, 3.63) is 71.1 Å². The molecule has 1 amide bonds. The van der Waals surface area contributed by atoms with E-state index < -0.39 is 15.9 Å². The first kappa shape index (κ1) is 20.1. The molecule has 3 rings (SSSR count). The van der Waals surface area contributed by atoms with E-state index in [1.165, 1.54) is 10.3 Å². The average Bonchev–Trinajstić information content (AvgIpc) is 3.01. The number of carbonyl (C=O) groups excluding carboxylic acids is 1. The van der Waals surface area contributed by atoms with Crippen LogP contribution in [0.1, 0.15) is 36.7 Å². The smallest absolute Gasteiger partial charge is 0.258 e. The number of anilines is 1. The Bertz CT molecular complexity index is 984. The second-order valence-corrected chi connectivity index (χ2v) is 9.86. The highest BCUT2D eigenvalue weighted by molar-refractivity contribution is 7.94. The molecule has 1 heterocycles. The van der Waals surface area contributed by atoms with Gasteiger partial charge in [-0.25, -0.2) is 8.42 Å². The topological polar surface area (TPSA) is 63.7 Å². The Morgan fingerprint density at radius 1 is 1.04 bits per heavy atom. The van der Waals surface area contributed by atoms with Crippen molar-refractivity contribution in [3.63, 3.8) is 0 Å². The van der Waals surface area contributed by atoms with Crippen molar-refractivity contribution in [2.24, 2.45) is 0 Å². The summed E-state index contributed by atoms with van der Waals surface area (Å²) in [4.78, 5) is 14.9. The lowest BCUT2D eigenvalue weighted by atomic mass is 9.86. The van der Waals surface area contributed by atoms with Crippen LogP contribution in [0.15, 0.2) is 60.0 Å². The molecule has 0 bridgehead atoms. The van der Waals surface area contributed by atoms with Crippen LogP contribution < -0.4 is 9.64 Å². The normalized spacial score (nSPS) is 18.1. The minimum atomic E-state index is -3.30. The predicted octanol–water partition coefficient (Wildman–Crippen LogP) is 3.95. The molecule has 0 N–H and O–H groups in total. The molecule has 1 atom stereocenters. The number of benzene rings is 2. The van der Waals surface area contributed by atoms with Gasteiger partial charge in [-0.2, -0.15) is 0 Å². The van der Waals surface area contributed by atoms with Crippen LogP contribution in [0, 0.1) is 0 Å². The quantitative estimate of drug-likeness (QED) is 0.781. The Morgan fingerprint density at radius 2 is 1.64 bits per heavy atom. The van der Waals surface area contributed by atoms with Gasteiger partial charge in [0.05, 0.1) is 18.9 Å². The molecule has 0 aliphatic carbocycles. The zero-order chi connectivity index (χ0) is 20.5. The van der Waals surface area contributed by atoms with Crippen molar-refractivity contribution in [3.8, 4) is 5.75 Å². The minimum Gasteiger partial charge on any atom is -0.497 e. The van der Waals surface area contributed by atoms with Gasteiger partial charge in [-0.05, 0) is 53.5 Å². The lowest BCUT2D eigenvalue weighted by molar-refractivity contribution is 0.0983. The highest BCUT2D eigenvalue weighted by Gasteiger charge is 2.32. The third-order valence-electron chi connectivity index (χ3n) is 4.81. The van der Waals surface area contributed by atoms with Crippen molar-refractivity contribution in [1.82, 2.24) is 0 Å². The van der Waals surface area contributed by atoms with Gasteiger partial charge in [-0.3, -0.25) is 4.79 Å². The van der Waals surface area contributed by atoms with Crippen molar-refractivity contribution >= 4 is 21.4 Å². The van der Waals surface area contributed by atoms with Gasteiger partial charge in [0.15, 0.2) is 9.84 Å². The fourth-order valence-electron chi connectivity index (χ4n) is 3.17. The maximum Gasteiger partial charge on any atom is 0.258 e. The summed E-state index contributed by atoms with van der Waals surface area (Å²) in [5.41, 5.74) is 2.25. The van der Waals surface area contributed by atoms with E-state index in [0.717, 1.165) is 5.56 Å². The third-order valence-corrected chi connectivity index (χ3v) is 6.19. The van der Waals surface area contributed by atoms with E-state index >= 15 is 0 Å². The number of methoxy groups -OCH3 is 1. The molecular formula is C22H25NO4S. The maximum absolute atomic E-state index is 13.3. The van der Waals surface area contributed by atoms with Crippen molar-refractivity contribution in [1.29, 1.82) is 0 Å². The maximum atomic E-state index is 13.3. The number of hydrogen-bond acceptors (Lipinski definition) is 4. The second-order valence-electron chi connectivity index (χ2n) is 7.93. The highest BCUT2D eigenvalue weighted by Crippen LogP contribution is 2.28. The first-order valence-corrected chi connectivity index (χ1v) is 10.8. The number of amides is 1. The molecule has 0 saturated heterocycles. The van der Waals surface area contributed by atoms with Gasteiger partial charge in [-0.15, -0.1) is 0 Å². The Morgan fingerprint density at radius 3 is 2.11 bits per heavy atom. The number of hydrogen-bond donors (Lipinski definition) is 0. The third kappa shape index (κ3) is 4.28. The van der Waals surface area contributed by atoms with Crippen LogP contribution in [0.3, 0.4) is 0 Å². The molecule has 0 saturated carbocycles. The Labute approximate surface area is 166 Å². The first-order chi connectivity index (χ1) is 13.1. The van der Waals surface area contributed by atoms with Gasteiger partial charge >= 0.3 is 0 Å². The molecule has 2 aromatic carbocycles. The van der Waals surface area contributed by atoms with Crippen LogP contribution in [0.2, 0.25) is 0 Å². The Balaban J connectivity index is 1.98. The molecule has 0 fully saturated rings. The molecular weight excluding hydrogens is 374 g/mol. The average molecular weight is 400 g/mol. The standard InChI is InChI=1S/C22H25NO4S/c1-22(2,3)17-7-5-16(6-8-17)21(24)23(19-13-14-28(25,26)15-19)18-9-11-20(27-4)12-10-18/h5-14,19H,15H2,1-4H3/t19-/m0/s1. The fourth-order valence-corrected chi connectivity index (χ4v) is 4.44. The number of carbonyl (C=O) groups is 1. The molecule has 1 aliphatic heterocycles. The zero-order valence-corrected chi connectivity index (χ0v) is 17.4. The second kappa shape index (κ2) is 7.43. The van der Waals surface area contributed by atoms with Crippen molar-refractivity contribution in [2.75, 3.05) is 17.8 Å². The monoisotopic (exact) mass is 399 g/mol. The first-order valence-electron chi connectivity index (χ1n) is 9.10. The summed E-state index contributed by atoms with van der Waals surface area (Å²) in [5.74, 6) is 0.308. The lowest BCUT2D eigenvalue weighted by Gasteiger charge is -2.28. The number of ether oxygens (including phenoxy) is 1.